The SMILES string of the molecule is CSc1nnc(-c2ccccc2)n1/N=C/c1c(C)n(C)n(-c2ccccc2)c1=O. The maximum absolute atomic E-state index is 13.1. The van der Waals surface area contributed by atoms with Crippen LogP contribution in [0.2, 0.25) is 0 Å². The van der Waals surface area contributed by atoms with Gasteiger partial charge in [-0.05, 0) is 25.3 Å². The molecule has 0 atom stereocenters. The zero-order valence-corrected chi connectivity index (χ0v) is 17.2. The van der Waals surface area contributed by atoms with Crippen molar-refractivity contribution in [1.82, 2.24) is 24.2 Å². The number of benzene rings is 2. The van der Waals surface area contributed by atoms with Crippen LogP contribution in [0.3, 0.4) is 0 Å². The van der Waals surface area contributed by atoms with Gasteiger partial charge < -0.3 is 0 Å². The van der Waals surface area contributed by atoms with Crippen LogP contribution in [0.1, 0.15) is 11.3 Å². The molecule has 2 aromatic heterocycles. The van der Waals surface area contributed by atoms with Crippen molar-refractivity contribution >= 4 is 18.0 Å². The van der Waals surface area contributed by atoms with E-state index < -0.39 is 0 Å². The van der Waals surface area contributed by atoms with Crippen molar-refractivity contribution in [3.8, 4) is 17.1 Å². The van der Waals surface area contributed by atoms with E-state index in [2.05, 4.69) is 15.3 Å². The van der Waals surface area contributed by atoms with Crippen molar-refractivity contribution in [2.24, 2.45) is 12.1 Å². The van der Waals surface area contributed by atoms with Crippen LogP contribution in [0.5, 0.6) is 0 Å². The minimum absolute atomic E-state index is 0.125. The molecule has 0 aliphatic rings. The average Bonchev–Trinajstić information content (AvgIpc) is 3.26. The molecule has 0 amide bonds. The summed E-state index contributed by atoms with van der Waals surface area (Å²) in [6, 6.07) is 19.3. The minimum Gasteiger partial charge on any atom is -0.285 e. The fourth-order valence-electron chi connectivity index (χ4n) is 3.12. The van der Waals surface area contributed by atoms with Crippen LogP contribution in [0.25, 0.3) is 17.1 Å². The summed E-state index contributed by atoms with van der Waals surface area (Å²) in [7, 11) is 1.86. The lowest BCUT2D eigenvalue weighted by atomic mass is 10.2. The van der Waals surface area contributed by atoms with E-state index >= 15 is 0 Å². The van der Waals surface area contributed by atoms with Gasteiger partial charge in [0.05, 0.1) is 17.5 Å². The van der Waals surface area contributed by atoms with Crippen LogP contribution in [0.4, 0.5) is 0 Å². The Kier molecular flexibility index (Phi) is 5.18. The van der Waals surface area contributed by atoms with Gasteiger partial charge in [0.15, 0.2) is 5.82 Å². The summed E-state index contributed by atoms with van der Waals surface area (Å²) >= 11 is 1.45. The monoisotopic (exact) mass is 404 g/mol. The lowest BCUT2D eigenvalue weighted by molar-refractivity contribution is 0.630. The molecule has 0 saturated carbocycles. The molecule has 0 N–H and O–H groups in total. The summed E-state index contributed by atoms with van der Waals surface area (Å²) in [5, 5.41) is 13.7. The Balaban J connectivity index is 1.80. The highest BCUT2D eigenvalue weighted by molar-refractivity contribution is 7.98. The number of thioether (sulfide) groups is 1. The van der Waals surface area contributed by atoms with Gasteiger partial charge in [0.2, 0.25) is 5.16 Å². The van der Waals surface area contributed by atoms with Gasteiger partial charge in [0.25, 0.3) is 5.56 Å². The molecule has 0 aliphatic heterocycles. The van der Waals surface area contributed by atoms with Gasteiger partial charge in [-0.25, -0.2) is 4.68 Å². The van der Waals surface area contributed by atoms with Gasteiger partial charge in [0, 0.05) is 18.3 Å². The molecule has 2 aromatic carbocycles. The van der Waals surface area contributed by atoms with E-state index in [1.807, 2.05) is 85.6 Å². The second-order valence-corrected chi connectivity index (χ2v) is 7.18. The topological polar surface area (TPSA) is 70.0 Å². The Morgan fingerprint density at radius 2 is 1.66 bits per heavy atom. The molecular weight excluding hydrogens is 384 g/mol. The molecule has 0 bridgehead atoms. The van der Waals surface area contributed by atoms with Crippen molar-refractivity contribution < 1.29 is 0 Å². The first-order valence-corrected chi connectivity index (χ1v) is 10.3. The molecule has 0 aliphatic carbocycles. The lowest BCUT2D eigenvalue weighted by Crippen LogP contribution is -2.20. The number of para-hydroxylation sites is 1. The Morgan fingerprint density at radius 3 is 2.31 bits per heavy atom. The summed E-state index contributed by atoms with van der Waals surface area (Å²) in [4.78, 5) is 13.1. The largest absolute Gasteiger partial charge is 0.285 e. The molecule has 146 valence electrons. The number of aromatic nitrogens is 5. The molecule has 2 heterocycles. The molecule has 0 fully saturated rings. The van der Waals surface area contributed by atoms with Crippen molar-refractivity contribution in [2.45, 2.75) is 12.1 Å². The lowest BCUT2D eigenvalue weighted by Gasteiger charge is -2.07. The van der Waals surface area contributed by atoms with Crippen LogP contribution in [-0.4, -0.2) is 36.7 Å². The maximum Gasteiger partial charge on any atom is 0.280 e. The van der Waals surface area contributed by atoms with Crippen molar-refractivity contribution in [3.63, 3.8) is 0 Å². The highest BCUT2D eigenvalue weighted by atomic mass is 32.2. The third-order valence-corrected chi connectivity index (χ3v) is 5.35. The predicted molar refractivity (Wildman–Crippen MR) is 116 cm³/mol. The molecule has 4 aromatic rings. The summed E-state index contributed by atoms with van der Waals surface area (Å²) in [6.07, 6.45) is 3.51. The fraction of sp³-hybridized carbons (Fsp3) is 0.143. The van der Waals surface area contributed by atoms with Crippen LogP contribution < -0.4 is 5.56 Å². The van der Waals surface area contributed by atoms with Crippen LogP contribution in [0, 0.1) is 6.92 Å². The normalized spacial score (nSPS) is 11.4. The Bertz CT molecular complexity index is 1220. The summed E-state index contributed by atoms with van der Waals surface area (Å²) < 4.78 is 5.13. The van der Waals surface area contributed by atoms with E-state index in [1.54, 1.807) is 15.6 Å². The van der Waals surface area contributed by atoms with E-state index in [1.165, 1.54) is 11.8 Å². The molecule has 4 rings (SSSR count). The summed E-state index contributed by atoms with van der Waals surface area (Å²) in [5.41, 5.74) is 2.93. The van der Waals surface area contributed by atoms with Crippen molar-refractivity contribution in [3.05, 3.63) is 82.3 Å². The van der Waals surface area contributed by atoms with Crippen LogP contribution >= 0.6 is 11.8 Å². The molecule has 7 nitrogen and oxygen atoms in total. The first kappa shape index (κ1) is 18.9. The smallest absolute Gasteiger partial charge is 0.280 e. The van der Waals surface area contributed by atoms with Crippen LogP contribution in [0.15, 0.2) is 75.7 Å². The Hall–Kier alpha value is -3.39. The second kappa shape index (κ2) is 7.92. The second-order valence-electron chi connectivity index (χ2n) is 6.41. The zero-order chi connectivity index (χ0) is 20.4. The third-order valence-electron chi connectivity index (χ3n) is 4.73. The van der Waals surface area contributed by atoms with E-state index in [9.17, 15) is 4.79 Å². The Morgan fingerprint density at radius 1 is 1.00 bits per heavy atom. The molecule has 8 heteroatoms. The minimum atomic E-state index is -0.125. The summed E-state index contributed by atoms with van der Waals surface area (Å²) in [6.45, 7) is 1.90. The number of nitrogens with zero attached hydrogens (tertiary/aromatic N) is 6. The molecule has 0 spiro atoms. The summed E-state index contributed by atoms with van der Waals surface area (Å²) in [5.74, 6) is 0.628. The Labute approximate surface area is 172 Å². The van der Waals surface area contributed by atoms with Crippen molar-refractivity contribution in [1.29, 1.82) is 0 Å². The standard InChI is InChI=1S/C21H20N6OS/c1-15-18(20(28)27(25(15)2)17-12-8-5-9-13-17)14-22-26-19(23-24-21(26)29-3)16-10-6-4-7-11-16/h4-14H,1-3H3/b22-14+. The highest BCUT2D eigenvalue weighted by Gasteiger charge is 2.16. The van der Waals surface area contributed by atoms with E-state index in [-0.39, 0.29) is 5.56 Å². The van der Waals surface area contributed by atoms with Crippen LogP contribution in [-0.2, 0) is 7.05 Å². The molecule has 29 heavy (non-hydrogen) atoms. The number of hydrogen-bond donors (Lipinski definition) is 0. The van der Waals surface area contributed by atoms with E-state index in [4.69, 9.17) is 0 Å². The number of hydrogen-bond acceptors (Lipinski definition) is 5. The average molecular weight is 404 g/mol. The quantitative estimate of drug-likeness (QED) is 0.378. The first-order chi connectivity index (χ1) is 14.1. The van der Waals surface area contributed by atoms with Gasteiger partial charge in [0.1, 0.15) is 0 Å². The van der Waals surface area contributed by atoms with Gasteiger partial charge in [-0.3, -0.25) is 9.48 Å². The molecule has 0 radical (unpaired) electrons. The fourth-order valence-corrected chi connectivity index (χ4v) is 3.55. The maximum atomic E-state index is 13.1. The molecular formula is C21H20N6OS. The first-order valence-electron chi connectivity index (χ1n) is 9.05. The van der Waals surface area contributed by atoms with Gasteiger partial charge in [-0.1, -0.05) is 60.3 Å². The van der Waals surface area contributed by atoms with E-state index in [0.717, 1.165) is 16.9 Å². The van der Waals surface area contributed by atoms with Gasteiger partial charge >= 0.3 is 0 Å². The third kappa shape index (κ3) is 3.42. The number of rotatable bonds is 5. The molecule has 0 saturated heterocycles. The predicted octanol–water partition coefficient (Wildman–Crippen LogP) is 3.35. The van der Waals surface area contributed by atoms with E-state index in [0.29, 0.717) is 16.5 Å². The zero-order valence-electron chi connectivity index (χ0n) is 16.4. The highest BCUT2D eigenvalue weighted by Crippen LogP contribution is 2.22. The van der Waals surface area contributed by atoms with Crippen molar-refractivity contribution in [2.75, 3.05) is 6.26 Å². The van der Waals surface area contributed by atoms with Gasteiger partial charge in [-0.15, -0.1) is 10.2 Å². The molecule has 0 unspecified atom stereocenters. The van der Waals surface area contributed by atoms with Gasteiger partial charge in [-0.2, -0.15) is 9.78 Å².